The summed E-state index contributed by atoms with van der Waals surface area (Å²) in [6, 6.07) is 11.2. The molecule has 0 aromatic heterocycles. The molecule has 2 N–H and O–H groups in total. The van der Waals surface area contributed by atoms with E-state index in [9.17, 15) is 8.78 Å². The number of aliphatic imine (C=N–C) groups is 1. The largest absolute Gasteiger partial charge is 0.356 e. The molecule has 0 atom stereocenters. The zero-order chi connectivity index (χ0) is 22.6. The third-order valence-corrected chi connectivity index (χ3v) is 6.82. The van der Waals surface area contributed by atoms with Crippen molar-refractivity contribution in [2.75, 3.05) is 52.9 Å². The number of guanidine groups is 1. The fourth-order valence-electron chi connectivity index (χ4n) is 4.87. The molecule has 1 aromatic rings. The van der Waals surface area contributed by atoms with Crippen molar-refractivity contribution in [3.8, 4) is 0 Å². The first-order valence-electron chi connectivity index (χ1n) is 12.4. The molecule has 5 nitrogen and oxygen atoms in total. The van der Waals surface area contributed by atoms with E-state index in [0.29, 0.717) is 6.04 Å². The maximum Gasteiger partial charge on any atom is 0.251 e. The van der Waals surface area contributed by atoms with Gasteiger partial charge in [0.2, 0.25) is 0 Å². The summed E-state index contributed by atoms with van der Waals surface area (Å²) in [5.74, 6) is 1.66. The first kappa shape index (κ1) is 28.2. The van der Waals surface area contributed by atoms with Gasteiger partial charge < -0.3 is 15.5 Å². The molecule has 3 rings (SSSR count). The van der Waals surface area contributed by atoms with E-state index in [4.69, 9.17) is 0 Å². The summed E-state index contributed by atoms with van der Waals surface area (Å²) in [6.45, 7) is 5.87. The van der Waals surface area contributed by atoms with Crippen LogP contribution in [0.15, 0.2) is 35.3 Å². The van der Waals surface area contributed by atoms with Crippen LogP contribution < -0.4 is 10.6 Å². The average Bonchev–Trinajstić information content (AvgIpc) is 2.80. The number of hydrogen-bond donors (Lipinski definition) is 2. The maximum atomic E-state index is 12.5. The van der Waals surface area contributed by atoms with Crippen molar-refractivity contribution >= 4 is 29.9 Å². The minimum atomic E-state index is -2.24. The number of piperidine rings is 2. The van der Waals surface area contributed by atoms with Crippen molar-refractivity contribution < 1.29 is 8.78 Å². The van der Waals surface area contributed by atoms with Gasteiger partial charge in [0.15, 0.2) is 5.96 Å². The minimum Gasteiger partial charge on any atom is -0.356 e. The fourth-order valence-corrected chi connectivity index (χ4v) is 4.87. The molecular weight excluding hydrogens is 535 g/mol. The molecule has 0 radical (unpaired) electrons. The Hall–Kier alpha value is -1.00. The lowest BCUT2D eigenvalue weighted by Crippen LogP contribution is -2.49. The molecule has 8 heteroatoms. The average molecular weight is 578 g/mol. The number of nitrogens with one attached hydrogen (secondary N) is 2. The summed E-state index contributed by atoms with van der Waals surface area (Å²) in [4.78, 5) is 8.79. The van der Waals surface area contributed by atoms with E-state index in [0.717, 1.165) is 50.8 Å². The third kappa shape index (κ3) is 10.9. The molecule has 1 aromatic carbocycles. The summed E-state index contributed by atoms with van der Waals surface area (Å²) in [6.07, 6.45) is 5.67. The van der Waals surface area contributed by atoms with Crippen molar-refractivity contribution in [2.24, 2.45) is 10.9 Å². The topological polar surface area (TPSA) is 42.9 Å². The number of hydrogen-bond acceptors (Lipinski definition) is 3. The Morgan fingerprint density at radius 1 is 1.00 bits per heavy atom. The van der Waals surface area contributed by atoms with Crippen LogP contribution in [0.2, 0.25) is 0 Å². The summed E-state index contributed by atoms with van der Waals surface area (Å²) < 4.78 is 25.0. The van der Waals surface area contributed by atoms with E-state index < -0.39 is 6.43 Å². The van der Waals surface area contributed by atoms with Gasteiger partial charge in [0.1, 0.15) is 0 Å². The van der Waals surface area contributed by atoms with E-state index in [1.54, 1.807) is 7.05 Å². The maximum absolute atomic E-state index is 12.5. The highest BCUT2D eigenvalue weighted by molar-refractivity contribution is 14.0. The summed E-state index contributed by atoms with van der Waals surface area (Å²) in [5, 5.41) is 6.88. The van der Waals surface area contributed by atoms with Crippen molar-refractivity contribution in [3.05, 3.63) is 35.9 Å². The number of benzene rings is 1. The molecule has 33 heavy (non-hydrogen) atoms. The molecule has 2 aliphatic rings. The predicted octanol–water partition coefficient (Wildman–Crippen LogP) is 4.23. The molecule has 0 amide bonds. The van der Waals surface area contributed by atoms with Crippen molar-refractivity contribution in [1.29, 1.82) is 0 Å². The second-order valence-electron chi connectivity index (χ2n) is 9.29. The molecule has 0 spiro atoms. The fraction of sp³-hybridized carbons (Fsp3) is 0.720. The van der Waals surface area contributed by atoms with E-state index in [2.05, 4.69) is 50.9 Å². The van der Waals surface area contributed by atoms with Gasteiger partial charge in [-0.05, 0) is 76.1 Å². The molecule has 2 heterocycles. The van der Waals surface area contributed by atoms with Crippen LogP contribution in [0.3, 0.4) is 0 Å². The van der Waals surface area contributed by atoms with Crippen LogP contribution in [-0.4, -0.2) is 81.1 Å². The van der Waals surface area contributed by atoms with Crippen LogP contribution in [0.5, 0.6) is 0 Å². The van der Waals surface area contributed by atoms with E-state index >= 15 is 0 Å². The summed E-state index contributed by atoms with van der Waals surface area (Å²) in [7, 11) is 1.79. The van der Waals surface area contributed by atoms with Crippen LogP contribution in [0, 0.1) is 5.92 Å². The van der Waals surface area contributed by atoms with E-state index in [1.165, 1.54) is 50.9 Å². The highest BCUT2D eigenvalue weighted by Gasteiger charge is 2.22. The van der Waals surface area contributed by atoms with E-state index in [-0.39, 0.29) is 30.5 Å². The first-order valence-corrected chi connectivity index (χ1v) is 12.4. The number of halogens is 3. The molecule has 188 valence electrons. The number of nitrogens with zero attached hydrogens (tertiary/aromatic N) is 3. The molecule has 0 bridgehead atoms. The quantitative estimate of drug-likeness (QED) is 0.189. The van der Waals surface area contributed by atoms with Crippen molar-refractivity contribution in [1.82, 2.24) is 20.4 Å². The smallest absolute Gasteiger partial charge is 0.251 e. The van der Waals surface area contributed by atoms with Gasteiger partial charge in [-0.15, -0.1) is 24.0 Å². The van der Waals surface area contributed by atoms with Gasteiger partial charge in [-0.1, -0.05) is 30.3 Å². The Kier molecular flexibility index (Phi) is 13.5. The first-order chi connectivity index (χ1) is 15.6. The molecule has 2 aliphatic heterocycles. The van der Waals surface area contributed by atoms with Gasteiger partial charge in [-0.2, -0.15) is 0 Å². The lowest BCUT2D eigenvalue weighted by Gasteiger charge is -2.33. The van der Waals surface area contributed by atoms with Crippen molar-refractivity contribution in [3.63, 3.8) is 0 Å². The summed E-state index contributed by atoms with van der Waals surface area (Å²) in [5.41, 5.74) is 1.47. The number of likely N-dealkylation sites (tertiary alicyclic amines) is 2. The van der Waals surface area contributed by atoms with Gasteiger partial charge in [0, 0.05) is 32.7 Å². The monoisotopic (exact) mass is 577 g/mol. The summed E-state index contributed by atoms with van der Waals surface area (Å²) >= 11 is 0. The lowest BCUT2D eigenvalue weighted by molar-refractivity contribution is 0.0744. The lowest BCUT2D eigenvalue weighted by atomic mass is 9.90. The molecule has 2 saturated heterocycles. The molecule has 2 fully saturated rings. The third-order valence-electron chi connectivity index (χ3n) is 6.82. The normalized spacial score (nSPS) is 19.5. The SMILES string of the molecule is CN=C(NCCCCN1CCC(Cc2ccccc2)CC1)NC1CCN(CC(F)F)CC1.I. The Morgan fingerprint density at radius 3 is 2.30 bits per heavy atom. The van der Waals surface area contributed by atoms with Crippen LogP contribution >= 0.6 is 24.0 Å². The zero-order valence-electron chi connectivity index (χ0n) is 20.0. The van der Waals surface area contributed by atoms with Gasteiger partial charge in [0.05, 0.1) is 6.54 Å². The van der Waals surface area contributed by atoms with Gasteiger partial charge in [0.25, 0.3) is 6.43 Å². The molecule has 0 unspecified atom stereocenters. The Balaban J connectivity index is 0.00000385. The second kappa shape index (κ2) is 15.8. The predicted molar refractivity (Wildman–Crippen MR) is 144 cm³/mol. The standard InChI is InChI=1S/C25H41F2N5.HI/c1-28-25(30-23-11-17-32(18-12-23)20-24(26)27)29-13-5-6-14-31-15-9-22(10-16-31)19-21-7-3-2-4-8-21;/h2-4,7-8,22-24H,5-6,9-20H2,1H3,(H2,28,29,30);1H. The Bertz CT molecular complexity index is 660. The highest BCUT2D eigenvalue weighted by atomic mass is 127. The number of alkyl halides is 2. The van der Waals surface area contributed by atoms with E-state index in [1.807, 2.05) is 4.90 Å². The Morgan fingerprint density at radius 2 is 1.67 bits per heavy atom. The molecular formula is C25H42F2IN5. The van der Waals surface area contributed by atoms with Gasteiger partial charge in [-0.25, -0.2) is 8.78 Å². The zero-order valence-corrected chi connectivity index (χ0v) is 22.4. The van der Waals surface area contributed by atoms with Crippen LogP contribution in [-0.2, 0) is 6.42 Å². The number of unbranched alkanes of at least 4 members (excludes halogenated alkanes) is 1. The van der Waals surface area contributed by atoms with Gasteiger partial charge >= 0.3 is 0 Å². The highest BCUT2D eigenvalue weighted by Crippen LogP contribution is 2.21. The number of rotatable bonds is 10. The van der Waals surface area contributed by atoms with Crippen molar-refractivity contribution in [2.45, 2.75) is 57.4 Å². The minimum absolute atomic E-state index is 0. The molecule has 0 aliphatic carbocycles. The van der Waals surface area contributed by atoms with Crippen LogP contribution in [0.25, 0.3) is 0 Å². The van der Waals surface area contributed by atoms with Crippen LogP contribution in [0.1, 0.15) is 44.1 Å². The molecule has 0 saturated carbocycles. The van der Waals surface area contributed by atoms with Gasteiger partial charge in [-0.3, -0.25) is 9.89 Å². The van der Waals surface area contributed by atoms with Crippen LogP contribution in [0.4, 0.5) is 8.78 Å². The Labute approximate surface area is 215 Å². The second-order valence-corrected chi connectivity index (χ2v) is 9.29.